The normalized spacial score (nSPS) is 10.4. The average molecular weight is 333 g/mol. The summed E-state index contributed by atoms with van der Waals surface area (Å²) in [7, 11) is 4.66. The van der Waals surface area contributed by atoms with Crippen LogP contribution in [0.1, 0.15) is 33.0 Å². The Morgan fingerprint density at radius 2 is 1.58 bits per heavy atom. The molecule has 2 rings (SSSR count). The second-order valence-electron chi connectivity index (χ2n) is 5.43. The maximum Gasteiger partial charge on any atom is 0.255 e. The number of carbonyl (C=O) groups excluding carboxylic acids is 1. The number of amides is 1. The smallest absolute Gasteiger partial charge is 0.255 e. The number of benzene rings is 1. The summed E-state index contributed by atoms with van der Waals surface area (Å²) in [6.45, 7) is 5.84. The minimum absolute atomic E-state index is 0.171. The van der Waals surface area contributed by atoms with Crippen molar-refractivity contribution in [1.29, 1.82) is 0 Å². The van der Waals surface area contributed by atoms with E-state index in [1.54, 1.807) is 28.3 Å². The Bertz CT molecular complexity index is 723. The van der Waals surface area contributed by atoms with Gasteiger partial charge in [-0.3, -0.25) is 4.79 Å². The molecule has 0 bridgehead atoms. The van der Waals surface area contributed by atoms with Gasteiger partial charge in [-0.05, 0) is 38.5 Å². The number of carbonyl (C=O) groups is 1. The molecule has 6 nitrogen and oxygen atoms in total. The van der Waals surface area contributed by atoms with E-state index in [-0.39, 0.29) is 5.91 Å². The molecule has 0 saturated carbocycles. The van der Waals surface area contributed by atoms with Gasteiger partial charge in [0.05, 0.1) is 26.9 Å². The summed E-state index contributed by atoms with van der Waals surface area (Å²) in [4.78, 5) is 12.4. The fourth-order valence-electron chi connectivity index (χ4n) is 2.64. The van der Waals surface area contributed by atoms with Gasteiger partial charge < -0.3 is 23.9 Å². The third-order valence-electron chi connectivity index (χ3n) is 3.97. The summed E-state index contributed by atoms with van der Waals surface area (Å²) in [6.07, 6.45) is 0. The van der Waals surface area contributed by atoms with E-state index in [9.17, 15) is 4.79 Å². The lowest BCUT2D eigenvalue weighted by atomic mass is 10.1. The summed E-state index contributed by atoms with van der Waals surface area (Å²) in [5, 5.41) is 2.90. The van der Waals surface area contributed by atoms with Gasteiger partial charge in [-0.15, -0.1) is 0 Å². The third kappa shape index (κ3) is 3.32. The van der Waals surface area contributed by atoms with E-state index in [0.29, 0.717) is 35.1 Å². The van der Waals surface area contributed by atoms with Crippen LogP contribution in [0.5, 0.6) is 17.2 Å². The molecule has 0 unspecified atom stereocenters. The Kier molecular flexibility index (Phi) is 5.39. The minimum Gasteiger partial charge on any atom is -0.493 e. The van der Waals surface area contributed by atoms with Crippen LogP contribution >= 0.6 is 0 Å². The number of nitrogens with one attached hydrogen (secondary N) is 1. The number of methoxy groups -OCH3 is 3. The summed E-state index contributed by atoms with van der Waals surface area (Å²) >= 11 is 0. The first kappa shape index (κ1) is 17.7. The predicted octanol–water partition coefficient (Wildman–Crippen LogP) is 3.16. The van der Waals surface area contributed by atoms with E-state index in [1.165, 1.54) is 0 Å². The molecule has 1 N–H and O–H groups in total. The summed E-state index contributed by atoms with van der Waals surface area (Å²) < 4.78 is 21.4. The molecular weight excluding hydrogens is 310 g/mol. The van der Waals surface area contributed by atoms with Crippen molar-refractivity contribution in [2.24, 2.45) is 0 Å². The highest BCUT2D eigenvalue weighted by Crippen LogP contribution is 2.38. The quantitative estimate of drug-likeness (QED) is 0.879. The molecule has 1 amide bonds. The molecule has 0 aliphatic carbocycles. The minimum atomic E-state index is -0.171. The molecule has 0 radical (unpaired) electrons. The van der Waals surface area contributed by atoms with Crippen molar-refractivity contribution in [1.82, 2.24) is 5.32 Å². The first-order valence-electron chi connectivity index (χ1n) is 7.56. The van der Waals surface area contributed by atoms with Crippen LogP contribution in [0.25, 0.3) is 0 Å². The monoisotopic (exact) mass is 333 g/mol. The maximum atomic E-state index is 12.4. The zero-order valence-corrected chi connectivity index (χ0v) is 14.9. The number of rotatable bonds is 6. The number of ether oxygens (including phenoxy) is 3. The van der Waals surface area contributed by atoms with Crippen LogP contribution in [-0.4, -0.2) is 27.2 Å². The van der Waals surface area contributed by atoms with Gasteiger partial charge >= 0.3 is 0 Å². The fraction of sp³-hybridized carbons (Fsp3) is 0.389. The van der Waals surface area contributed by atoms with E-state index >= 15 is 0 Å². The van der Waals surface area contributed by atoms with Gasteiger partial charge in [0.25, 0.3) is 5.91 Å². The van der Waals surface area contributed by atoms with Gasteiger partial charge in [-0.25, -0.2) is 0 Å². The van der Waals surface area contributed by atoms with E-state index in [0.717, 1.165) is 16.9 Å². The van der Waals surface area contributed by atoms with Crippen molar-refractivity contribution in [3.8, 4) is 17.2 Å². The predicted molar refractivity (Wildman–Crippen MR) is 90.2 cm³/mol. The number of aryl methyl sites for hydroxylation is 2. The maximum absolute atomic E-state index is 12.4. The lowest BCUT2D eigenvalue weighted by Crippen LogP contribution is -2.23. The van der Waals surface area contributed by atoms with Gasteiger partial charge in [-0.1, -0.05) is 0 Å². The molecule has 0 saturated heterocycles. The lowest BCUT2D eigenvalue weighted by molar-refractivity contribution is 0.0948. The molecule has 0 aliphatic rings. The molecule has 1 aromatic carbocycles. The molecule has 130 valence electrons. The molecule has 0 spiro atoms. The Balaban J connectivity index is 2.21. The number of hydrogen-bond acceptors (Lipinski definition) is 5. The van der Waals surface area contributed by atoms with E-state index in [2.05, 4.69) is 5.32 Å². The van der Waals surface area contributed by atoms with Crippen molar-refractivity contribution in [3.63, 3.8) is 0 Å². The van der Waals surface area contributed by atoms with Crippen molar-refractivity contribution >= 4 is 5.91 Å². The zero-order valence-electron chi connectivity index (χ0n) is 14.9. The lowest BCUT2D eigenvalue weighted by Gasteiger charge is -2.14. The Hall–Kier alpha value is -2.63. The molecule has 0 fully saturated rings. The van der Waals surface area contributed by atoms with Crippen LogP contribution < -0.4 is 19.5 Å². The molecule has 1 aromatic heterocycles. The van der Waals surface area contributed by atoms with E-state index in [4.69, 9.17) is 18.6 Å². The largest absolute Gasteiger partial charge is 0.493 e. The molecular formula is C18H23NO5. The zero-order chi connectivity index (χ0) is 17.9. The summed E-state index contributed by atoms with van der Waals surface area (Å²) in [5.41, 5.74) is 2.28. The van der Waals surface area contributed by atoms with Crippen LogP contribution in [0.2, 0.25) is 0 Å². The van der Waals surface area contributed by atoms with Crippen LogP contribution in [0.4, 0.5) is 0 Å². The Morgan fingerprint density at radius 3 is 2.00 bits per heavy atom. The van der Waals surface area contributed by atoms with Gasteiger partial charge in [0.2, 0.25) is 5.75 Å². The third-order valence-corrected chi connectivity index (χ3v) is 3.97. The van der Waals surface area contributed by atoms with Crippen molar-refractivity contribution in [2.45, 2.75) is 27.3 Å². The number of furan rings is 1. The highest BCUT2D eigenvalue weighted by atomic mass is 16.5. The molecule has 24 heavy (non-hydrogen) atoms. The second-order valence-corrected chi connectivity index (χ2v) is 5.43. The average Bonchev–Trinajstić information content (AvgIpc) is 2.83. The SMILES string of the molecule is COc1cc(CNC(=O)c2c(C)oc(C)c2C)cc(OC)c1OC. The molecule has 0 atom stereocenters. The van der Waals surface area contributed by atoms with Gasteiger partial charge in [0.1, 0.15) is 11.5 Å². The number of hydrogen-bond donors (Lipinski definition) is 1. The van der Waals surface area contributed by atoms with Crippen molar-refractivity contribution in [2.75, 3.05) is 21.3 Å². The first-order chi connectivity index (χ1) is 11.4. The standard InChI is InChI=1S/C18H23NO5/c1-10-11(2)24-12(3)16(10)18(20)19-9-13-7-14(21-4)17(23-6)15(8-13)22-5/h7-8H,9H2,1-6H3,(H,19,20). The molecule has 2 aromatic rings. The van der Waals surface area contributed by atoms with Gasteiger partial charge in [-0.2, -0.15) is 0 Å². The summed E-state index contributed by atoms with van der Waals surface area (Å²) in [5.74, 6) is 2.82. The van der Waals surface area contributed by atoms with Crippen LogP contribution in [0, 0.1) is 20.8 Å². The highest BCUT2D eigenvalue weighted by Gasteiger charge is 2.19. The van der Waals surface area contributed by atoms with Crippen molar-refractivity contribution in [3.05, 3.63) is 40.3 Å². The molecule has 6 heteroatoms. The highest BCUT2D eigenvalue weighted by molar-refractivity contribution is 5.96. The van der Waals surface area contributed by atoms with Gasteiger partial charge in [0, 0.05) is 12.1 Å². The molecule has 0 aliphatic heterocycles. The van der Waals surface area contributed by atoms with Crippen LogP contribution in [-0.2, 0) is 6.54 Å². The topological polar surface area (TPSA) is 69.9 Å². The van der Waals surface area contributed by atoms with Crippen LogP contribution in [0.15, 0.2) is 16.5 Å². The Morgan fingerprint density at radius 1 is 1.00 bits per heavy atom. The van der Waals surface area contributed by atoms with Crippen LogP contribution in [0.3, 0.4) is 0 Å². The van der Waals surface area contributed by atoms with Gasteiger partial charge in [0.15, 0.2) is 11.5 Å². The van der Waals surface area contributed by atoms with Crippen molar-refractivity contribution < 1.29 is 23.4 Å². The Labute approximate surface area is 141 Å². The van der Waals surface area contributed by atoms with E-state index < -0.39 is 0 Å². The molecule has 1 heterocycles. The summed E-state index contributed by atoms with van der Waals surface area (Å²) in [6, 6.07) is 3.62. The fourth-order valence-corrected chi connectivity index (χ4v) is 2.64. The first-order valence-corrected chi connectivity index (χ1v) is 7.56. The van der Waals surface area contributed by atoms with E-state index in [1.807, 2.05) is 26.0 Å². The second kappa shape index (κ2) is 7.29.